The third-order valence-electron chi connectivity index (χ3n) is 6.11. The van der Waals surface area contributed by atoms with E-state index in [1.165, 1.54) is 0 Å². The van der Waals surface area contributed by atoms with Crippen molar-refractivity contribution >= 4 is 16.9 Å². The molecule has 0 aliphatic carbocycles. The van der Waals surface area contributed by atoms with Crippen LogP contribution >= 0.6 is 0 Å². The molecule has 1 amide bonds. The number of carbonyl (C=O) groups excluding carboxylic acids is 1. The number of para-hydroxylation sites is 2. The maximum Gasteiger partial charge on any atom is 0.326 e. The highest BCUT2D eigenvalue weighted by Crippen LogP contribution is 2.27. The Morgan fingerprint density at radius 2 is 1.77 bits per heavy atom. The Balaban J connectivity index is 1.37. The molecule has 2 aromatic rings. The molecule has 4 rings (SSSR count). The monoisotopic (exact) mass is 356 g/mol. The van der Waals surface area contributed by atoms with Gasteiger partial charge >= 0.3 is 5.69 Å². The molecular formula is C20H28N4O2. The molecule has 1 N–H and O–H groups in total. The smallest absolute Gasteiger partial charge is 0.326 e. The standard InChI is InChI=1S/C20H28N4O2/c1-22-10-6-15(7-11-22)14-19(25)23-12-8-16(9-13-23)24-18-5-3-2-4-17(18)21-20(24)26/h2-5,15-16H,6-14H2,1H3,(H,21,26). The minimum atomic E-state index is -0.0395. The Kier molecular flexibility index (Phi) is 4.85. The molecule has 3 heterocycles. The van der Waals surface area contributed by atoms with E-state index in [9.17, 15) is 9.59 Å². The maximum atomic E-state index is 12.7. The Hall–Kier alpha value is -2.08. The summed E-state index contributed by atoms with van der Waals surface area (Å²) in [4.78, 5) is 32.3. The molecule has 2 aliphatic heterocycles. The third-order valence-corrected chi connectivity index (χ3v) is 6.11. The first-order valence-corrected chi connectivity index (χ1v) is 9.77. The van der Waals surface area contributed by atoms with Crippen molar-refractivity contribution in [1.29, 1.82) is 0 Å². The van der Waals surface area contributed by atoms with Crippen molar-refractivity contribution in [1.82, 2.24) is 19.4 Å². The van der Waals surface area contributed by atoms with Crippen molar-refractivity contribution in [2.24, 2.45) is 5.92 Å². The van der Waals surface area contributed by atoms with E-state index in [1.807, 2.05) is 33.7 Å². The topological polar surface area (TPSA) is 61.3 Å². The van der Waals surface area contributed by atoms with Gasteiger partial charge in [0, 0.05) is 25.6 Å². The lowest BCUT2D eigenvalue weighted by atomic mass is 9.92. The van der Waals surface area contributed by atoms with Gasteiger partial charge in [-0.1, -0.05) is 12.1 Å². The molecule has 2 fully saturated rings. The molecule has 0 unspecified atom stereocenters. The molecule has 140 valence electrons. The minimum absolute atomic E-state index is 0.0395. The second-order valence-electron chi connectivity index (χ2n) is 7.88. The van der Waals surface area contributed by atoms with Crippen LogP contribution in [0.4, 0.5) is 0 Å². The van der Waals surface area contributed by atoms with Gasteiger partial charge < -0.3 is 14.8 Å². The van der Waals surface area contributed by atoms with Gasteiger partial charge in [0.15, 0.2) is 0 Å². The third kappa shape index (κ3) is 3.43. The summed E-state index contributed by atoms with van der Waals surface area (Å²) in [5.41, 5.74) is 1.81. The minimum Gasteiger partial charge on any atom is -0.343 e. The van der Waals surface area contributed by atoms with Gasteiger partial charge in [-0.05, 0) is 63.9 Å². The van der Waals surface area contributed by atoms with Crippen molar-refractivity contribution in [2.45, 2.75) is 38.1 Å². The summed E-state index contributed by atoms with van der Waals surface area (Å²) in [5.74, 6) is 0.830. The van der Waals surface area contributed by atoms with Crippen LogP contribution in [-0.4, -0.2) is 58.5 Å². The summed E-state index contributed by atoms with van der Waals surface area (Å²) in [6.07, 6.45) is 4.64. The van der Waals surface area contributed by atoms with Crippen LogP contribution in [0.5, 0.6) is 0 Å². The molecule has 0 bridgehead atoms. The number of piperidine rings is 2. The van der Waals surface area contributed by atoms with E-state index in [-0.39, 0.29) is 11.7 Å². The van der Waals surface area contributed by atoms with Gasteiger partial charge in [0.05, 0.1) is 11.0 Å². The second-order valence-corrected chi connectivity index (χ2v) is 7.88. The number of nitrogens with zero attached hydrogens (tertiary/aromatic N) is 3. The van der Waals surface area contributed by atoms with Crippen LogP contribution in [-0.2, 0) is 4.79 Å². The normalized spacial score (nSPS) is 20.7. The summed E-state index contributed by atoms with van der Waals surface area (Å²) in [6, 6.07) is 8.00. The fraction of sp³-hybridized carbons (Fsp3) is 0.600. The summed E-state index contributed by atoms with van der Waals surface area (Å²) in [5, 5.41) is 0. The van der Waals surface area contributed by atoms with Crippen LogP contribution in [0.25, 0.3) is 11.0 Å². The Morgan fingerprint density at radius 3 is 2.50 bits per heavy atom. The number of aromatic nitrogens is 2. The molecule has 2 aliphatic rings. The van der Waals surface area contributed by atoms with Crippen LogP contribution in [0.1, 0.15) is 38.1 Å². The predicted molar refractivity (Wildman–Crippen MR) is 102 cm³/mol. The molecule has 26 heavy (non-hydrogen) atoms. The van der Waals surface area contributed by atoms with Gasteiger partial charge in [0.25, 0.3) is 0 Å². The Morgan fingerprint density at radius 1 is 1.08 bits per heavy atom. The van der Waals surface area contributed by atoms with Gasteiger partial charge in [0.2, 0.25) is 5.91 Å². The fourth-order valence-corrected chi connectivity index (χ4v) is 4.45. The number of hydrogen-bond acceptors (Lipinski definition) is 3. The van der Waals surface area contributed by atoms with Gasteiger partial charge in [-0.15, -0.1) is 0 Å². The fourth-order valence-electron chi connectivity index (χ4n) is 4.45. The second kappa shape index (κ2) is 7.27. The number of likely N-dealkylation sites (tertiary alicyclic amines) is 2. The van der Waals surface area contributed by atoms with E-state index < -0.39 is 0 Å². The number of nitrogens with one attached hydrogen (secondary N) is 1. The first kappa shape index (κ1) is 17.3. The highest BCUT2D eigenvalue weighted by atomic mass is 16.2. The summed E-state index contributed by atoms with van der Waals surface area (Å²) in [7, 11) is 2.15. The van der Waals surface area contributed by atoms with Crippen molar-refractivity contribution in [2.75, 3.05) is 33.2 Å². The van der Waals surface area contributed by atoms with Crippen molar-refractivity contribution < 1.29 is 4.79 Å². The van der Waals surface area contributed by atoms with Gasteiger partial charge in [-0.25, -0.2) is 4.79 Å². The quantitative estimate of drug-likeness (QED) is 0.917. The zero-order valence-electron chi connectivity index (χ0n) is 15.5. The van der Waals surface area contributed by atoms with Crippen molar-refractivity contribution in [3.8, 4) is 0 Å². The van der Waals surface area contributed by atoms with Crippen LogP contribution in [0, 0.1) is 5.92 Å². The maximum absolute atomic E-state index is 12.7. The number of aromatic amines is 1. The van der Waals surface area contributed by atoms with E-state index in [4.69, 9.17) is 0 Å². The number of rotatable bonds is 3. The highest BCUT2D eigenvalue weighted by molar-refractivity contribution is 5.77. The molecule has 0 radical (unpaired) electrons. The molecule has 0 spiro atoms. The van der Waals surface area contributed by atoms with Crippen LogP contribution in [0.2, 0.25) is 0 Å². The number of imidazole rings is 1. The average Bonchev–Trinajstić information content (AvgIpc) is 2.99. The van der Waals surface area contributed by atoms with Gasteiger partial charge in [-0.3, -0.25) is 9.36 Å². The van der Waals surface area contributed by atoms with E-state index in [0.717, 1.165) is 62.9 Å². The number of carbonyl (C=O) groups is 1. The summed E-state index contributed by atoms with van der Waals surface area (Å²) in [6.45, 7) is 3.71. The van der Waals surface area contributed by atoms with E-state index >= 15 is 0 Å². The number of fused-ring (bicyclic) bond motifs is 1. The van der Waals surface area contributed by atoms with Gasteiger partial charge in [-0.2, -0.15) is 0 Å². The van der Waals surface area contributed by atoms with E-state index in [2.05, 4.69) is 16.9 Å². The first-order chi connectivity index (χ1) is 12.6. The Bertz CT molecular complexity index is 824. The number of benzene rings is 1. The lowest BCUT2D eigenvalue weighted by molar-refractivity contribution is -0.133. The molecule has 6 nitrogen and oxygen atoms in total. The zero-order valence-corrected chi connectivity index (χ0v) is 15.5. The van der Waals surface area contributed by atoms with E-state index in [0.29, 0.717) is 18.2 Å². The first-order valence-electron chi connectivity index (χ1n) is 9.77. The predicted octanol–water partition coefficient (Wildman–Crippen LogP) is 2.22. The average molecular weight is 356 g/mol. The Labute approximate surface area is 153 Å². The number of hydrogen-bond donors (Lipinski definition) is 1. The molecule has 6 heteroatoms. The van der Waals surface area contributed by atoms with Crippen molar-refractivity contribution in [3.63, 3.8) is 0 Å². The zero-order chi connectivity index (χ0) is 18.1. The SMILES string of the molecule is CN1CCC(CC(=O)N2CCC(n3c(=O)[nH]c4ccccc43)CC2)CC1. The molecule has 1 aromatic heterocycles. The molecule has 1 aromatic carbocycles. The van der Waals surface area contributed by atoms with Crippen LogP contribution in [0.15, 0.2) is 29.1 Å². The number of amides is 1. The summed E-state index contributed by atoms with van der Waals surface area (Å²) >= 11 is 0. The molecule has 2 saturated heterocycles. The summed E-state index contributed by atoms with van der Waals surface area (Å²) < 4.78 is 1.88. The van der Waals surface area contributed by atoms with Crippen molar-refractivity contribution in [3.05, 3.63) is 34.7 Å². The highest BCUT2D eigenvalue weighted by Gasteiger charge is 2.28. The lowest BCUT2D eigenvalue weighted by Crippen LogP contribution is -2.42. The largest absolute Gasteiger partial charge is 0.343 e. The van der Waals surface area contributed by atoms with Crippen LogP contribution in [0.3, 0.4) is 0 Å². The molecule has 0 atom stereocenters. The molecular weight excluding hydrogens is 328 g/mol. The van der Waals surface area contributed by atoms with Gasteiger partial charge in [0.1, 0.15) is 0 Å². The van der Waals surface area contributed by atoms with E-state index in [1.54, 1.807) is 0 Å². The number of H-pyrrole nitrogens is 1. The van der Waals surface area contributed by atoms with Crippen LogP contribution < -0.4 is 5.69 Å². The lowest BCUT2D eigenvalue weighted by Gasteiger charge is -2.34. The molecule has 0 saturated carbocycles.